The van der Waals surface area contributed by atoms with E-state index < -0.39 is 0 Å². The van der Waals surface area contributed by atoms with Crippen LogP contribution in [0.3, 0.4) is 0 Å². The molecule has 0 aliphatic heterocycles. The fourth-order valence-electron chi connectivity index (χ4n) is 1.61. The number of rotatable bonds is 2. The molecule has 0 radical (unpaired) electrons. The molecule has 0 atom stereocenters. The average Bonchev–Trinajstić information content (AvgIpc) is 2.58. The molecule has 0 unspecified atom stereocenters. The van der Waals surface area contributed by atoms with Gasteiger partial charge in [-0.25, -0.2) is 4.98 Å². The molecule has 1 aromatic carbocycles. The summed E-state index contributed by atoms with van der Waals surface area (Å²) in [6, 6.07) is 6.11. The van der Waals surface area contributed by atoms with Gasteiger partial charge in [0.1, 0.15) is 5.75 Å². The lowest BCUT2D eigenvalue weighted by molar-refractivity contribution is 0.412. The summed E-state index contributed by atoms with van der Waals surface area (Å²) in [5.74, 6) is 0.909. The number of aryl methyl sites for hydroxylation is 2. The summed E-state index contributed by atoms with van der Waals surface area (Å²) in [4.78, 5) is 4.51. The molecule has 16 heavy (non-hydrogen) atoms. The van der Waals surface area contributed by atoms with Crippen LogP contribution in [0.15, 0.2) is 22.0 Å². The number of benzene rings is 1. The summed E-state index contributed by atoms with van der Waals surface area (Å²) < 4.78 is 6.32. The topological polar surface area (TPSA) is 22.1 Å². The van der Waals surface area contributed by atoms with E-state index in [0.717, 1.165) is 31.4 Å². The predicted octanol–water partition coefficient (Wildman–Crippen LogP) is 4.20. The van der Waals surface area contributed by atoms with Crippen LogP contribution in [-0.2, 0) is 0 Å². The number of nitrogens with zero attached hydrogens (tertiary/aromatic N) is 1. The van der Waals surface area contributed by atoms with Crippen molar-refractivity contribution in [3.8, 4) is 17.0 Å². The lowest BCUT2D eigenvalue weighted by atomic mass is 10.1. The van der Waals surface area contributed by atoms with Gasteiger partial charge in [-0.15, -0.1) is 11.3 Å². The molecule has 2 rings (SSSR count). The number of halogens is 1. The smallest absolute Gasteiger partial charge is 0.121 e. The molecule has 1 heterocycles. The summed E-state index contributed by atoms with van der Waals surface area (Å²) in [5, 5.41) is 1.07. The molecule has 4 heteroatoms. The zero-order valence-electron chi connectivity index (χ0n) is 9.37. The zero-order valence-corrected chi connectivity index (χ0v) is 11.8. The van der Waals surface area contributed by atoms with E-state index in [1.165, 1.54) is 0 Å². The van der Waals surface area contributed by atoms with Crippen LogP contribution in [0.25, 0.3) is 11.3 Å². The van der Waals surface area contributed by atoms with Crippen molar-refractivity contribution >= 4 is 27.3 Å². The van der Waals surface area contributed by atoms with Gasteiger partial charge in [0.2, 0.25) is 0 Å². The molecule has 0 saturated carbocycles. The monoisotopic (exact) mass is 297 g/mol. The number of thiazole rings is 1. The van der Waals surface area contributed by atoms with Gasteiger partial charge in [0, 0.05) is 5.56 Å². The second kappa shape index (κ2) is 4.55. The van der Waals surface area contributed by atoms with Crippen LogP contribution in [-0.4, -0.2) is 12.1 Å². The Hall–Kier alpha value is -0.870. The van der Waals surface area contributed by atoms with Crippen LogP contribution in [0.1, 0.15) is 10.6 Å². The SMILES string of the molecule is COc1ccc(-c2nc(C)sc2Br)cc1C. The van der Waals surface area contributed by atoms with Crippen molar-refractivity contribution in [2.24, 2.45) is 0 Å². The van der Waals surface area contributed by atoms with Crippen molar-refractivity contribution in [2.45, 2.75) is 13.8 Å². The minimum Gasteiger partial charge on any atom is -0.496 e. The van der Waals surface area contributed by atoms with Gasteiger partial charge in [0.05, 0.1) is 21.6 Å². The Bertz CT molecular complexity index is 522. The molecule has 2 nitrogen and oxygen atoms in total. The lowest BCUT2D eigenvalue weighted by Crippen LogP contribution is -1.88. The molecule has 0 saturated heterocycles. The van der Waals surface area contributed by atoms with Gasteiger partial charge in [-0.1, -0.05) is 0 Å². The Labute approximate surface area is 107 Å². The zero-order chi connectivity index (χ0) is 11.7. The van der Waals surface area contributed by atoms with Crippen molar-refractivity contribution < 1.29 is 4.74 Å². The highest BCUT2D eigenvalue weighted by Crippen LogP contribution is 2.34. The van der Waals surface area contributed by atoms with Crippen LogP contribution in [0.2, 0.25) is 0 Å². The van der Waals surface area contributed by atoms with E-state index in [0.29, 0.717) is 0 Å². The molecule has 0 aliphatic rings. The minimum atomic E-state index is 0.909. The van der Waals surface area contributed by atoms with Gasteiger partial charge in [0.25, 0.3) is 0 Å². The molecule has 0 fully saturated rings. The molecule has 1 aromatic heterocycles. The average molecular weight is 298 g/mol. The first-order chi connectivity index (χ1) is 7.61. The van der Waals surface area contributed by atoms with E-state index >= 15 is 0 Å². The van der Waals surface area contributed by atoms with Gasteiger partial charge in [0.15, 0.2) is 0 Å². The van der Waals surface area contributed by atoms with Gasteiger partial charge in [-0.3, -0.25) is 0 Å². The molecular formula is C12H12BrNOS. The van der Waals surface area contributed by atoms with E-state index in [9.17, 15) is 0 Å². The predicted molar refractivity (Wildman–Crippen MR) is 71.3 cm³/mol. The van der Waals surface area contributed by atoms with Crippen LogP contribution in [0.5, 0.6) is 5.75 Å². The Balaban J connectivity index is 2.49. The van der Waals surface area contributed by atoms with E-state index in [1.807, 2.05) is 26.0 Å². The Morgan fingerprint density at radius 1 is 1.31 bits per heavy atom. The van der Waals surface area contributed by atoms with Crippen molar-refractivity contribution in [3.63, 3.8) is 0 Å². The van der Waals surface area contributed by atoms with Gasteiger partial charge >= 0.3 is 0 Å². The Morgan fingerprint density at radius 3 is 2.56 bits per heavy atom. The third-order valence-corrected chi connectivity index (χ3v) is 3.98. The third-order valence-electron chi connectivity index (χ3n) is 2.36. The summed E-state index contributed by atoms with van der Waals surface area (Å²) in [6.07, 6.45) is 0. The summed E-state index contributed by atoms with van der Waals surface area (Å²) in [5.41, 5.74) is 3.25. The fraction of sp³-hybridized carbons (Fsp3) is 0.250. The van der Waals surface area contributed by atoms with E-state index in [-0.39, 0.29) is 0 Å². The first-order valence-electron chi connectivity index (χ1n) is 4.89. The summed E-state index contributed by atoms with van der Waals surface area (Å²) >= 11 is 5.19. The number of aromatic nitrogens is 1. The molecule has 0 N–H and O–H groups in total. The van der Waals surface area contributed by atoms with Crippen LogP contribution in [0.4, 0.5) is 0 Å². The highest BCUT2D eigenvalue weighted by atomic mass is 79.9. The number of methoxy groups -OCH3 is 1. The van der Waals surface area contributed by atoms with E-state index in [1.54, 1.807) is 18.4 Å². The second-order valence-electron chi connectivity index (χ2n) is 3.54. The van der Waals surface area contributed by atoms with E-state index in [2.05, 4.69) is 27.0 Å². The number of ether oxygens (including phenoxy) is 1. The lowest BCUT2D eigenvalue weighted by Gasteiger charge is -2.06. The highest BCUT2D eigenvalue weighted by Gasteiger charge is 2.10. The maximum absolute atomic E-state index is 5.24. The Morgan fingerprint density at radius 2 is 2.06 bits per heavy atom. The van der Waals surface area contributed by atoms with Crippen molar-refractivity contribution in [3.05, 3.63) is 32.6 Å². The van der Waals surface area contributed by atoms with Crippen LogP contribution >= 0.6 is 27.3 Å². The van der Waals surface area contributed by atoms with Crippen LogP contribution < -0.4 is 4.74 Å². The molecular weight excluding hydrogens is 286 g/mol. The third kappa shape index (κ3) is 2.13. The molecule has 84 valence electrons. The van der Waals surface area contributed by atoms with Crippen molar-refractivity contribution in [1.82, 2.24) is 4.98 Å². The number of hydrogen-bond donors (Lipinski definition) is 0. The molecule has 0 bridgehead atoms. The quantitative estimate of drug-likeness (QED) is 0.829. The molecule has 0 aliphatic carbocycles. The maximum atomic E-state index is 5.24. The summed E-state index contributed by atoms with van der Waals surface area (Å²) in [7, 11) is 1.69. The minimum absolute atomic E-state index is 0.909. The normalized spacial score (nSPS) is 10.5. The van der Waals surface area contributed by atoms with Crippen molar-refractivity contribution in [2.75, 3.05) is 7.11 Å². The Kier molecular flexibility index (Phi) is 3.30. The van der Waals surface area contributed by atoms with E-state index in [4.69, 9.17) is 4.74 Å². The number of hydrogen-bond acceptors (Lipinski definition) is 3. The highest BCUT2D eigenvalue weighted by molar-refractivity contribution is 9.11. The molecule has 0 amide bonds. The molecule has 2 aromatic rings. The summed E-state index contributed by atoms with van der Waals surface area (Å²) in [6.45, 7) is 4.05. The van der Waals surface area contributed by atoms with Crippen molar-refractivity contribution in [1.29, 1.82) is 0 Å². The second-order valence-corrected chi connectivity index (χ2v) is 6.06. The first-order valence-corrected chi connectivity index (χ1v) is 6.50. The van der Waals surface area contributed by atoms with Gasteiger partial charge < -0.3 is 4.74 Å². The first kappa shape index (κ1) is 11.6. The van der Waals surface area contributed by atoms with Crippen LogP contribution in [0, 0.1) is 13.8 Å². The standard InChI is InChI=1S/C12H12BrNOS/c1-7-6-9(4-5-10(7)15-3)11-12(13)16-8(2)14-11/h4-6H,1-3H3. The fourth-order valence-corrected chi connectivity index (χ4v) is 3.28. The maximum Gasteiger partial charge on any atom is 0.121 e. The largest absolute Gasteiger partial charge is 0.496 e. The van der Waals surface area contributed by atoms with Gasteiger partial charge in [-0.2, -0.15) is 0 Å². The molecule has 0 spiro atoms. The van der Waals surface area contributed by atoms with Gasteiger partial charge in [-0.05, 0) is 53.5 Å².